The number of carbonyl (C=O) groups is 12. The molecule has 2 aliphatic heterocycles. The van der Waals surface area contributed by atoms with Gasteiger partial charge < -0.3 is 83.6 Å². The standard InChI is InChI=1S/C58H85N11O17S2/c1-7-31(6)47(67-50(77)39(24-33-14-18-35(72)19-15-33)60-48(75)37(22-29(2)3)62-52(79)43-10-8-20-68(43)56(83)36(59)27-87)55(82)64-41(26-70)51(78)61-38(23-32-12-16-34(71)17-13-32)49(76)63-40(25-45(73)74)57(84)69-21-9-11-44(69)53(80)66-46(30(4)5)54(81)65-42(28-88)58(85)86/h12-19,29-31,36-44,46-47,70-72,87-88H,7-11,20-28,59H2,1-6H3,(H,60,75)(H,61,78)(H,62,79)(H,63,76)(H,64,82)(H,65,81)(H,66,80)(H,67,77)(H,73,74)(H,85,86)/t31-,36-,37-,38-,39-,40-,41-,42-,43-,44-,46-,47-/m0/s1. The maximum atomic E-state index is 14.6. The number of carboxylic acid groups (broad SMARTS) is 2. The van der Waals surface area contributed by atoms with Crippen LogP contribution in [0.15, 0.2) is 48.5 Å². The summed E-state index contributed by atoms with van der Waals surface area (Å²) in [6, 6.07) is -4.28. The van der Waals surface area contributed by atoms with Crippen LogP contribution < -0.4 is 48.3 Å². The lowest BCUT2D eigenvalue weighted by Gasteiger charge is -2.31. The first-order valence-corrected chi connectivity index (χ1v) is 30.4. The zero-order chi connectivity index (χ0) is 65.7. The number of rotatable bonds is 33. The zero-order valence-electron chi connectivity index (χ0n) is 50.1. The number of likely N-dealkylation sites (tertiary alicyclic amines) is 2. The average Bonchev–Trinajstić information content (AvgIpc) is 4.36. The van der Waals surface area contributed by atoms with Gasteiger partial charge in [0.05, 0.1) is 19.1 Å². The number of hydrogen-bond acceptors (Lipinski definition) is 18. The van der Waals surface area contributed by atoms with Crippen LogP contribution in [-0.4, -0.2) is 204 Å². The minimum absolute atomic E-state index is 0.0396. The number of nitrogens with one attached hydrogen (secondary N) is 8. The lowest BCUT2D eigenvalue weighted by atomic mass is 9.96. The Morgan fingerprint density at radius 2 is 0.977 bits per heavy atom. The molecular formula is C58H85N11O17S2. The van der Waals surface area contributed by atoms with Gasteiger partial charge in [-0.15, -0.1) is 0 Å². The molecule has 0 saturated carbocycles. The SMILES string of the molecule is CC[C@H](C)[C@H](NC(=O)[C@H](Cc1ccc(O)cc1)NC(=O)[C@H](CC(C)C)NC(=O)[C@@H]1CCCN1C(=O)[C@@H](N)CS)C(=O)N[C@@H](CO)C(=O)N[C@@H](Cc1ccc(O)cc1)C(=O)N[C@@H](CC(=O)O)C(=O)N1CCC[C@H]1C(=O)N[C@H](C(=O)N[C@@H](CS)C(=O)O)C(C)C. The molecule has 2 aliphatic rings. The summed E-state index contributed by atoms with van der Waals surface area (Å²) < 4.78 is 0. The summed E-state index contributed by atoms with van der Waals surface area (Å²) in [5.41, 5.74) is 6.74. The van der Waals surface area contributed by atoms with E-state index in [2.05, 4.69) is 67.8 Å². The molecule has 88 heavy (non-hydrogen) atoms. The second kappa shape index (κ2) is 34.7. The number of aromatic hydroxyl groups is 2. The Morgan fingerprint density at radius 3 is 1.42 bits per heavy atom. The van der Waals surface area contributed by atoms with Crippen molar-refractivity contribution in [2.75, 3.05) is 31.2 Å². The smallest absolute Gasteiger partial charge is 0.327 e. The van der Waals surface area contributed by atoms with E-state index in [0.717, 1.165) is 4.90 Å². The molecule has 30 heteroatoms. The Balaban J connectivity index is 1.59. The summed E-state index contributed by atoms with van der Waals surface area (Å²) in [4.78, 5) is 166. The van der Waals surface area contributed by atoms with Crippen LogP contribution in [0.2, 0.25) is 0 Å². The molecule has 2 aromatic carbocycles. The fourth-order valence-corrected chi connectivity index (χ4v) is 10.5. The third kappa shape index (κ3) is 21.3. The molecule has 10 amide bonds. The lowest BCUT2D eigenvalue weighted by molar-refractivity contribution is -0.146. The molecule has 486 valence electrons. The Bertz CT molecular complexity index is 2800. The number of carbonyl (C=O) groups excluding carboxylic acids is 10. The van der Waals surface area contributed by atoms with E-state index in [-0.39, 0.29) is 80.5 Å². The monoisotopic (exact) mass is 1270 g/mol. The highest BCUT2D eigenvalue weighted by Crippen LogP contribution is 2.23. The van der Waals surface area contributed by atoms with E-state index in [1.807, 2.05) is 13.8 Å². The average molecular weight is 1270 g/mol. The first kappa shape index (κ1) is 72.8. The van der Waals surface area contributed by atoms with Crippen molar-refractivity contribution < 1.29 is 83.1 Å². The molecule has 2 saturated heterocycles. The Hall–Kier alpha value is -7.70. The van der Waals surface area contributed by atoms with Crippen LogP contribution in [0.5, 0.6) is 11.5 Å². The maximum absolute atomic E-state index is 14.6. The van der Waals surface area contributed by atoms with Gasteiger partial charge in [0.25, 0.3) is 0 Å². The molecule has 0 unspecified atom stereocenters. The number of phenolic OH excluding ortho intramolecular Hbond substituents is 2. The van der Waals surface area contributed by atoms with Crippen molar-refractivity contribution in [1.82, 2.24) is 52.3 Å². The minimum atomic E-state index is -1.87. The summed E-state index contributed by atoms with van der Waals surface area (Å²) in [5, 5.41) is 70.4. The van der Waals surface area contributed by atoms with E-state index in [1.54, 1.807) is 27.7 Å². The Labute approximate surface area is 521 Å². The molecule has 28 nitrogen and oxygen atoms in total. The number of aliphatic carboxylic acids is 2. The normalized spacial score (nSPS) is 18.2. The van der Waals surface area contributed by atoms with Gasteiger partial charge >= 0.3 is 11.9 Å². The summed E-state index contributed by atoms with van der Waals surface area (Å²) in [5.74, 6) is -13.6. The molecular weight excluding hydrogens is 1190 g/mol. The third-order valence-electron chi connectivity index (χ3n) is 15.2. The summed E-state index contributed by atoms with van der Waals surface area (Å²) in [7, 11) is 0. The second-order valence-corrected chi connectivity index (χ2v) is 23.5. The van der Waals surface area contributed by atoms with Crippen LogP contribution >= 0.6 is 25.3 Å². The number of nitrogens with zero attached hydrogens (tertiary/aromatic N) is 2. The number of amides is 10. The highest BCUT2D eigenvalue weighted by Gasteiger charge is 2.43. The van der Waals surface area contributed by atoms with Crippen molar-refractivity contribution in [3.05, 3.63) is 59.7 Å². The topological polar surface area (TPSA) is 435 Å². The maximum Gasteiger partial charge on any atom is 0.327 e. The van der Waals surface area contributed by atoms with Gasteiger partial charge in [0, 0.05) is 37.4 Å². The number of nitrogens with two attached hydrogens (primary N) is 1. The Morgan fingerprint density at radius 1 is 0.545 bits per heavy atom. The fraction of sp³-hybridized carbons (Fsp3) is 0.586. The molecule has 2 heterocycles. The molecule has 0 aromatic heterocycles. The predicted octanol–water partition coefficient (Wildman–Crippen LogP) is -1.77. The van der Waals surface area contributed by atoms with Crippen LogP contribution in [-0.2, 0) is 70.4 Å². The lowest BCUT2D eigenvalue weighted by Crippen LogP contribution is -2.62. The van der Waals surface area contributed by atoms with Gasteiger partial charge in [0.2, 0.25) is 59.1 Å². The zero-order valence-corrected chi connectivity index (χ0v) is 51.9. The van der Waals surface area contributed by atoms with Gasteiger partial charge in [-0.05, 0) is 85.3 Å². The van der Waals surface area contributed by atoms with Gasteiger partial charge in [-0.3, -0.25) is 52.7 Å². The van der Waals surface area contributed by atoms with Crippen molar-refractivity contribution in [3.63, 3.8) is 0 Å². The van der Waals surface area contributed by atoms with Crippen LogP contribution in [0.3, 0.4) is 0 Å². The molecule has 15 N–H and O–H groups in total. The Kier molecular flexibility index (Phi) is 28.7. The van der Waals surface area contributed by atoms with E-state index < -0.39 is 162 Å². The number of aliphatic hydroxyl groups excluding tert-OH is 1. The predicted molar refractivity (Wildman–Crippen MR) is 325 cm³/mol. The largest absolute Gasteiger partial charge is 0.508 e. The van der Waals surface area contributed by atoms with Gasteiger partial charge in [0.1, 0.15) is 71.9 Å². The van der Waals surface area contributed by atoms with E-state index in [0.29, 0.717) is 24.0 Å². The highest BCUT2D eigenvalue weighted by molar-refractivity contribution is 7.80. The molecule has 0 spiro atoms. The van der Waals surface area contributed by atoms with Crippen molar-refractivity contribution in [2.24, 2.45) is 23.5 Å². The molecule has 12 atom stereocenters. The number of benzene rings is 2. The van der Waals surface area contributed by atoms with Crippen molar-refractivity contribution in [2.45, 2.75) is 166 Å². The molecule has 2 aromatic rings. The minimum Gasteiger partial charge on any atom is -0.508 e. The van der Waals surface area contributed by atoms with Crippen LogP contribution in [0.1, 0.15) is 97.6 Å². The first-order valence-electron chi connectivity index (χ1n) is 29.2. The first-order chi connectivity index (χ1) is 41.5. The number of phenols is 2. The second-order valence-electron chi connectivity index (χ2n) is 22.8. The number of carboxylic acids is 2. The van der Waals surface area contributed by atoms with Crippen LogP contribution in [0, 0.1) is 17.8 Å². The van der Waals surface area contributed by atoms with E-state index in [1.165, 1.54) is 53.4 Å². The van der Waals surface area contributed by atoms with Crippen LogP contribution in [0.25, 0.3) is 0 Å². The van der Waals surface area contributed by atoms with Gasteiger partial charge in [0.15, 0.2) is 0 Å². The molecule has 2 fully saturated rings. The van der Waals surface area contributed by atoms with E-state index in [4.69, 9.17) is 5.73 Å². The van der Waals surface area contributed by atoms with Crippen LogP contribution in [0.4, 0.5) is 0 Å². The van der Waals surface area contributed by atoms with Gasteiger partial charge in [-0.1, -0.05) is 72.2 Å². The number of aliphatic hydroxyl groups is 1. The van der Waals surface area contributed by atoms with E-state index in [9.17, 15) is 83.1 Å². The van der Waals surface area contributed by atoms with Gasteiger partial charge in [-0.2, -0.15) is 25.3 Å². The van der Waals surface area contributed by atoms with Crippen molar-refractivity contribution in [3.8, 4) is 11.5 Å². The van der Waals surface area contributed by atoms with Crippen molar-refractivity contribution in [1.29, 1.82) is 0 Å². The summed E-state index contributed by atoms with van der Waals surface area (Å²) in [6.07, 6.45) is -0.151. The number of hydrogen-bond donors (Lipinski definition) is 16. The molecule has 4 rings (SSSR count). The quantitative estimate of drug-likeness (QED) is 0.0352. The molecule has 0 aliphatic carbocycles. The summed E-state index contributed by atoms with van der Waals surface area (Å²) in [6.45, 7) is 9.20. The van der Waals surface area contributed by atoms with Gasteiger partial charge in [-0.25, -0.2) is 4.79 Å². The number of thiol groups is 2. The molecule has 0 radical (unpaired) electrons. The van der Waals surface area contributed by atoms with E-state index >= 15 is 0 Å². The summed E-state index contributed by atoms with van der Waals surface area (Å²) >= 11 is 8.08. The molecule has 0 bridgehead atoms. The van der Waals surface area contributed by atoms with Crippen molar-refractivity contribution >= 4 is 96.3 Å². The highest BCUT2D eigenvalue weighted by atomic mass is 32.1. The fourth-order valence-electron chi connectivity index (χ4n) is 10.1. The third-order valence-corrected chi connectivity index (χ3v) is 16.0.